The quantitative estimate of drug-likeness (QED) is 0.0908. The van der Waals surface area contributed by atoms with Gasteiger partial charge in [0.25, 0.3) is 0 Å². The van der Waals surface area contributed by atoms with E-state index >= 15 is 0 Å². The molecule has 0 aromatic heterocycles. The van der Waals surface area contributed by atoms with E-state index in [1.165, 1.54) is 0 Å². The van der Waals surface area contributed by atoms with Gasteiger partial charge in [0.1, 0.15) is 11.6 Å². The molecule has 0 bridgehead atoms. The molecule has 2 atom stereocenters. The van der Waals surface area contributed by atoms with E-state index in [9.17, 15) is 9.59 Å². The number of allylic oxidation sites excluding steroid dienone is 8. The average Bonchev–Trinajstić information content (AvgIpc) is 3.01. The molecule has 248 valence electrons. The molecular weight excluding hydrogens is 601 g/mol. The van der Waals surface area contributed by atoms with Crippen molar-refractivity contribution in [2.45, 2.75) is 100 Å². The van der Waals surface area contributed by atoms with Crippen LogP contribution in [-0.2, 0) is 9.59 Å². The van der Waals surface area contributed by atoms with Gasteiger partial charge < -0.3 is 0 Å². The molecule has 0 amide bonds. The van der Waals surface area contributed by atoms with E-state index in [1.807, 2.05) is 128 Å². The molecule has 2 nitrogen and oxygen atoms in total. The van der Waals surface area contributed by atoms with Gasteiger partial charge in [-0.2, -0.15) is 0 Å². The molecule has 0 aliphatic carbocycles. The normalized spacial score (nSPS) is 13.5. The third-order valence-corrected chi connectivity index (χ3v) is 10.4. The topological polar surface area (TPSA) is 34.1 Å². The van der Waals surface area contributed by atoms with Crippen LogP contribution in [0.1, 0.15) is 81.1 Å². The predicted octanol–water partition coefficient (Wildman–Crippen LogP) is 12.5. The summed E-state index contributed by atoms with van der Waals surface area (Å²) in [6.45, 7) is 31.8. The maximum atomic E-state index is 12.8. The zero-order valence-electron chi connectivity index (χ0n) is 29.5. The summed E-state index contributed by atoms with van der Waals surface area (Å²) >= 11 is 3.25. The van der Waals surface area contributed by atoms with E-state index in [1.54, 1.807) is 23.5 Å². The lowest BCUT2D eigenvalue weighted by Gasteiger charge is -2.25. The Morgan fingerprint density at radius 3 is 1.20 bits per heavy atom. The van der Waals surface area contributed by atoms with Crippen molar-refractivity contribution in [2.75, 3.05) is 0 Å². The van der Waals surface area contributed by atoms with Gasteiger partial charge in [0, 0.05) is 22.6 Å². The number of ketones is 2. The van der Waals surface area contributed by atoms with Gasteiger partial charge in [-0.1, -0.05) is 109 Å². The minimum Gasteiger partial charge on any atom is -0.298 e. The highest BCUT2D eigenvalue weighted by Gasteiger charge is 2.31. The van der Waals surface area contributed by atoms with Crippen molar-refractivity contribution >= 4 is 35.1 Å². The van der Waals surface area contributed by atoms with Gasteiger partial charge in [-0.3, -0.25) is 9.59 Å². The van der Waals surface area contributed by atoms with Gasteiger partial charge in [0.05, 0.1) is 9.49 Å². The highest BCUT2D eigenvalue weighted by atomic mass is 32.2. The Labute approximate surface area is 289 Å². The molecular formula is C42H56O2S2. The number of Topliss-reactive ketones (excluding diaryl/α,β-unsaturated/α-hetero) is 2. The van der Waals surface area contributed by atoms with Gasteiger partial charge in [0.15, 0.2) is 0 Å². The summed E-state index contributed by atoms with van der Waals surface area (Å²) in [5.41, 5.74) is 4.40. The van der Waals surface area contributed by atoms with Crippen LogP contribution in [0, 0.1) is 11.8 Å². The molecule has 46 heavy (non-hydrogen) atoms. The summed E-state index contributed by atoms with van der Waals surface area (Å²) < 4.78 is -0.876. The van der Waals surface area contributed by atoms with Gasteiger partial charge in [-0.05, 0) is 104 Å². The van der Waals surface area contributed by atoms with Crippen LogP contribution in [0.25, 0.3) is 0 Å². The third kappa shape index (κ3) is 15.5. The minimum absolute atomic E-state index is 0.188. The van der Waals surface area contributed by atoms with Crippen LogP contribution in [0.15, 0.2) is 143 Å². The van der Waals surface area contributed by atoms with Crippen molar-refractivity contribution in [3.8, 4) is 0 Å². The Bertz CT molecular complexity index is 1270. The third-order valence-electron chi connectivity index (χ3n) is 7.93. The Morgan fingerprint density at radius 1 is 0.630 bits per heavy atom. The van der Waals surface area contributed by atoms with Crippen LogP contribution in [0.4, 0.5) is 0 Å². The standard InChI is InChI=1S/2C21H28OS/c2*1-7-17(4)13-14-18(16(2)3)15-20(22)21(5,6)23-19-11-9-8-10-12-19/h2*7-13,18H,1-2,14-15H2,3-6H3/b17-13+;17-13-/t2*18-/m00/s1. The fraction of sp³-hybridized carbons (Fsp3) is 0.381. The first kappa shape index (κ1) is 40.9. The monoisotopic (exact) mass is 656 g/mol. The predicted molar refractivity (Wildman–Crippen MR) is 206 cm³/mol. The van der Waals surface area contributed by atoms with Gasteiger partial charge in [0.2, 0.25) is 0 Å². The molecule has 0 unspecified atom stereocenters. The lowest BCUT2D eigenvalue weighted by Crippen LogP contribution is -2.29. The van der Waals surface area contributed by atoms with Crippen LogP contribution in [-0.4, -0.2) is 21.1 Å². The number of benzene rings is 2. The average molecular weight is 657 g/mol. The summed E-state index contributed by atoms with van der Waals surface area (Å²) in [7, 11) is 0. The highest BCUT2D eigenvalue weighted by Crippen LogP contribution is 2.37. The van der Waals surface area contributed by atoms with E-state index in [0.717, 1.165) is 44.9 Å². The SMILES string of the molecule is C=C/C(C)=C/C[C@@H](CC(=O)C(C)(C)Sc1ccccc1)C(=C)C.C=C/C(C)=C\C[C@@H](CC(=O)C(C)(C)Sc1ccccc1)C(=C)C. The van der Waals surface area contributed by atoms with E-state index in [-0.39, 0.29) is 23.4 Å². The first-order valence-electron chi connectivity index (χ1n) is 16.0. The fourth-order valence-corrected chi connectivity index (χ4v) is 6.52. The zero-order chi connectivity index (χ0) is 34.9. The fourth-order valence-electron chi connectivity index (χ4n) is 4.36. The summed E-state index contributed by atoms with van der Waals surface area (Å²) in [5.74, 6) is 0.911. The molecule has 2 aromatic rings. The maximum Gasteiger partial charge on any atom is 0.149 e. The molecule has 0 radical (unpaired) electrons. The summed E-state index contributed by atoms with van der Waals surface area (Å²) in [4.78, 5) is 27.8. The Balaban J connectivity index is 0.000000460. The van der Waals surface area contributed by atoms with Crippen LogP contribution >= 0.6 is 23.5 Å². The molecule has 2 aromatic carbocycles. The molecule has 0 saturated carbocycles. The smallest absolute Gasteiger partial charge is 0.149 e. The zero-order valence-corrected chi connectivity index (χ0v) is 31.2. The molecule has 0 N–H and O–H groups in total. The molecule has 0 heterocycles. The molecule has 4 heteroatoms. The van der Waals surface area contributed by atoms with E-state index < -0.39 is 9.49 Å². The lowest BCUT2D eigenvalue weighted by atomic mass is 9.88. The Morgan fingerprint density at radius 2 is 0.935 bits per heavy atom. The number of rotatable bonds is 18. The van der Waals surface area contributed by atoms with Gasteiger partial charge >= 0.3 is 0 Å². The Hall–Kier alpha value is -3.08. The van der Waals surface area contributed by atoms with Crippen molar-refractivity contribution in [1.29, 1.82) is 0 Å². The van der Waals surface area contributed by atoms with Crippen molar-refractivity contribution < 1.29 is 9.59 Å². The maximum absolute atomic E-state index is 12.8. The van der Waals surface area contributed by atoms with Crippen LogP contribution in [0.2, 0.25) is 0 Å². The number of hydrogen-bond acceptors (Lipinski definition) is 4. The van der Waals surface area contributed by atoms with E-state index in [2.05, 4.69) is 38.5 Å². The van der Waals surface area contributed by atoms with Gasteiger partial charge in [-0.15, -0.1) is 23.5 Å². The molecule has 0 aliphatic rings. The number of hydrogen-bond donors (Lipinski definition) is 0. The number of thioether (sulfide) groups is 2. The molecule has 2 rings (SSSR count). The van der Waals surface area contributed by atoms with Crippen LogP contribution in [0.5, 0.6) is 0 Å². The first-order chi connectivity index (χ1) is 21.5. The van der Waals surface area contributed by atoms with E-state index in [4.69, 9.17) is 0 Å². The second-order valence-electron chi connectivity index (χ2n) is 13.0. The molecule has 0 saturated heterocycles. The first-order valence-corrected chi connectivity index (χ1v) is 17.6. The molecule has 0 fully saturated rings. The highest BCUT2D eigenvalue weighted by molar-refractivity contribution is 8.01. The van der Waals surface area contributed by atoms with Crippen molar-refractivity contribution in [3.05, 3.63) is 134 Å². The van der Waals surface area contributed by atoms with Gasteiger partial charge in [-0.25, -0.2) is 0 Å². The summed E-state index contributed by atoms with van der Waals surface area (Å²) in [5, 5.41) is 0. The Kier molecular flexibility index (Phi) is 18.0. The van der Waals surface area contributed by atoms with Crippen molar-refractivity contribution in [2.24, 2.45) is 11.8 Å². The molecule has 0 aliphatic heterocycles. The lowest BCUT2D eigenvalue weighted by molar-refractivity contribution is -0.122. The van der Waals surface area contributed by atoms with Crippen molar-refractivity contribution in [1.82, 2.24) is 0 Å². The largest absolute Gasteiger partial charge is 0.298 e. The second-order valence-corrected chi connectivity index (χ2v) is 16.4. The molecule has 0 spiro atoms. The summed E-state index contributed by atoms with van der Waals surface area (Å²) in [6, 6.07) is 20.2. The van der Waals surface area contributed by atoms with Crippen LogP contribution < -0.4 is 0 Å². The van der Waals surface area contributed by atoms with Crippen LogP contribution in [0.3, 0.4) is 0 Å². The summed E-state index contributed by atoms with van der Waals surface area (Å²) in [6.07, 6.45) is 10.7. The number of carbonyl (C=O) groups excluding carboxylic acids is 2. The van der Waals surface area contributed by atoms with Crippen molar-refractivity contribution in [3.63, 3.8) is 0 Å². The number of carbonyl (C=O) groups is 2. The second kappa shape index (κ2) is 20.2. The minimum atomic E-state index is -0.438. The van der Waals surface area contributed by atoms with E-state index in [0.29, 0.717) is 12.8 Å².